The molecule has 3 aromatic carbocycles. The Morgan fingerprint density at radius 3 is 2.50 bits per heavy atom. The Morgan fingerprint density at radius 1 is 1.03 bits per heavy atom. The van der Waals surface area contributed by atoms with Crippen LogP contribution in [0.2, 0.25) is 0 Å². The van der Waals surface area contributed by atoms with Gasteiger partial charge >= 0.3 is 0 Å². The highest BCUT2D eigenvalue weighted by atomic mass is 19.1. The lowest BCUT2D eigenvalue weighted by atomic mass is 10.1. The highest BCUT2D eigenvalue weighted by molar-refractivity contribution is 5.84. The molecule has 30 heavy (non-hydrogen) atoms. The summed E-state index contributed by atoms with van der Waals surface area (Å²) in [6, 6.07) is 19.4. The molecule has 1 amide bonds. The average molecular weight is 407 g/mol. The Bertz CT molecular complexity index is 1050. The van der Waals surface area contributed by atoms with E-state index in [2.05, 4.69) is 17.0 Å². The highest BCUT2D eigenvalue weighted by Crippen LogP contribution is 2.29. The Labute approximate surface area is 176 Å². The predicted octanol–water partition coefficient (Wildman–Crippen LogP) is 4.61. The van der Waals surface area contributed by atoms with Gasteiger partial charge in [0.15, 0.2) is 0 Å². The lowest BCUT2D eigenvalue weighted by Gasteiger charge is -2.25. The summed E-state index contributed by atoms with van der Waals surface area (Å²) in [5.41, 5.74) is 1.72. The molecule has 0 heterocycles. The largest absolute Gasteiger partial charge is 0.497 e. The second-order valence-electron chi connectivity index (χ2n) is 8.02. The molecule has 1 aliphatic carbocycles. The molecule has 3 aromatic rings. The zero-order valence-electron chi connectivity index (χ0n) is 17.5. The van der Waals surface area contributed by atoms with Crippen molar-refractivity contribution in [3.05, 3.63) is 77.6 Å². The molecule has 5 heteroatoms. The van der Waals surface area contributed by atoms with Crippen molar-refractivity contribution in [1.82, 2.24) is 9.80 Å². The molecule has 0 spiro atoms. The summed E-state index contributed by atoms with van der Waals surface area (Å²) in [7, 11) is 3.49. The number of fused-ring (bicyclic) bond motifs is 1. The maximum atomic E-state index is 14.1. The van der Waals surface area contributed by atoms with Crippen LogP contribution in [0.5, 0.6) is 5.75 Å². The number of carbonyl (C=O) groups is 1. The van der Waals surface area contributed by atoms with Crippen molar-refractivity contribution >= 4 is 16.7 Å². The van der Waals surface area contributed by atoms with Gasteiger partial charge in [-0.25, -0.2) is 4.39 Å². The van der Waals surface area contributed by atoms with E-state index in [1.807, 2.05) is 37.4 Å². The van der Waals surface area contributed by atoms with Gasteiger partial charge < -0.3 is 9.64 Å². The summed E-state index contributed by atoms with van der Waals surface area (Å²) in [4.78, 5) is 16.7. The topological polar surface area (TPSA) is 32.8 Å². The first kappa shape index (κ1) is 20.4. The van der Waals surface area contributed by atoms with Crippen molar-refractivity contribution in [3.8, 4) is 5.75 Å². The van der Waals surface area contributed by atoms with Crippen LogP contribution in [0.1, 0.15) is 24.0 Å². The molecule has 1 fully saturated rings. The Balaban J connectivity index is 1.41. The minimum absolute atomic E-state index is 0.0491. The van der Waals surface area contributed by atoms with E-state index in [4.69, 9.17) is 4.74 Å². The quantitative estimate of drug-likeness (QED) is 0.548. The van der Waals surface area contributed by atoms with Gasteiger partial charge in [0, 0.05) is 31.7 Å². The second kappa shape index (κ2) is 8.84. The zero-order valence-corrected chi connectivity index (χ0v) is 17.5. The summed E-state index contributed by atoms with van der Waals surface area (Å²) in [6.07, 6.45) is 2.14. The van der Waals surface area contributed by atoms with E-state index in [0.29, 0.717) is 31.2 Å². The molecule has 0 aliphatic heterocycles. The fourth-order valence-corrected chi connectivity index (χ4v) is 3.75. The van der Waals surface area contributed by atoms with E-state index in [1.165, 1.54) is 6.07 Å². The van der Waals surface area contributed by atoms with Crippen LogP contribution in [0.4, 0.5) is 4.39 Å². The van der Waals surface area contributed by atoms with Crippen molar-refractivity contribution in [2.75, 3.05) is 20.7 Å². The van der Waals surface area contributed by atoms with Crippen LogP contribution in [0, 0.1) is 5.82 Å². The van der Waals surface area contributed by atoms with Gasteiger partial charge in [0.2, 0.25) is 5.91 Å². The van der Waals surface area contributed by atoms with Crippen LogP contribution >= 0.6 is 0 Å². The third-order valence-corrected chi connectivity index (χ3v) is 5.69. The second-order valence-corrected chi connectivity index (χ2v) is 8.02. The first-order valence-electron chi connectivity index (χ1n) is 10.3. The molecule has 156 valence electrons. The lowest BCUT2D eigenvalue weighted by molar-refractivity contribution is -0.132. The van der Waals surface area contributed by atoms with Crippen LogP contribution in [0.25, 0.3) is 10.8 Å². The van der Waals surface area contributed by atoms with Gasteiger partial charge in [0.1, 0.15) is 11.6 Å². The number of halogens is 1. The normalized spacial score (nSPS) is 13.6. The summed E-state index contributed by atoms with van der Waals surface area (Å²) >= 11 is 0. The van der Waals surface area contributed by atoms with E-state index in [1.54, 1.807) is 24.1 Å². The van der Waals surface area contributed by atoms with Crippen LogP contribution < -0.4 is 4.74 Å². The average Bonchev–Trinajstić information content (AvgIpc) is 3.59. The number of nitrogens with zero attached hydrogens (tertiary/aromatic N) is 2. The summed E-state index contributed by atoms with van der Waals surface area (Å²) < 4.78 is 19.3. The molecule has 1 aliphatic rings. The maximum absolute atomic E-state index is 14.1. The summed E-state index contributed by atoms with van der Waals surface area (Å²) in [5, 5.41) is 2.23. The maximum Gasteiger partial charge on any atom is 0.236 e. The SMILES string of the molecule is COc1ccc2cc(CN(C)C(=O)CN(Cc3ccccc3F)C3CC3)ccc2c1. The first-order valence-corrected chi connectivity index (χ1v) is 10.3. The molecule has 0 aromatic heterocycles. The van der Waals surface area contributed by atoms with Crippen molar-refractivity contribution < 1.29 is 13.9 Å². The van der Waals surface area contributed by atoms with Gasteiger partial charge in [0.05, 0.1) is 13.7 Å². The number of methoxy groups -OCH3 is 1. The lowest BCUT2D eigenvalue weighted by Crippen LogP contribution is -2.39. The van der Waals surface area contributed by atoms with Crippen molar-refractivity contribution in [3.63, 3.8) is 0 Å². The molecule has 0 saturated heterocycles. The van der Waals surface area contributed by atoms with Crippen LogP contribution in [0.3, 0.4) is 0 Å². The van der Waals surface area contributed by atoms with Crippen molar-refractivity contribution in [1.29, 1.82) is 0 Å². The molecular weight excluding hydrogens is 379 g/mol. The molecule has 0 atom stereocenters. The zero-order chi connectivity index (χ0) is 21.1. The van der Waals surface area contributed by atoms with E-state index in [9.17, 15) is 9.18 Å². The molecule has 4 rings (SSSR count). The van der Waals surface area contributed by atoms with E-state index in [-0.39, 0.29) is 11.7 Å². The smallest absolute Gasteiger partial charge is 0.236 e. The van der Waals surface area contributed by atoms with Gasteiger partial charge in [-0.05, 0) is 53.4 Å². The number of carbonyl (C=O) groups excluding carboxylic acids is 1. The van der Waals surface area contributed by atoms with Crippen molar-refractivity contribution in [2.45, 2.75) is 32.0 Å². The third kappa shape index (κ3) is 4.79. The van der Waals surface area contributed by atoms with Gasteiger partial charge in [-0.15, -0.1) is 0 Å². The number of ether oxygens (including phenoxy) is 1. The van der Waals surface area contributed by atoms with Gasteiger partial charge in [-0.1, -0.05) is 36.4 Å². The third-order valence-electron chi connectivity index (χ3n) is 5.69. The van der Waals surface area contributed by atoms with E-state index in [0.717, 1.165) is 34.9 Å². The standard InChI is InChI=1S/C25H27FN2O2/c1-27(15-18-7-8-20-14-23(30-2)12-9-19(20)13-18)25(29)17-28(22-10-11-22)16-21-5-3-4-6-24(21)26/h3-9,12-14,22H,10-11,15-17H2,1-2H3. The first-order chi connectivity index (χ1) is 14.5. The molecule has 4 nitrogen and oxygen atoms in total. The molecule has 0 bridgehead atoms. The molecule has 1 saturated carbocycles. The highest BCUT2D eigenvalue weighted by Gasteiger charge is 2.31. The van der Waals surface area contributed by atoms with Crippen LogP contribution in [-0.2, 0) is 17.9 Å². The minimum Gasteiger partial charge on any atom is -0.497 e. The van der Waals surface area contributed by atoms with Crippen LogP contribution in [-0.4, -0.2) is 42.5 Å². The number of rotatable bonds is 8. The van der Waals surface area contributed by atoms with Gasteiger partial charge in [0.25, 0.3) is 0 Å². The fraction of sp³-hybridized carbons (Fsp3) is 0.320. The molecule has 0 radical (unpaired) electrons. The molecule has 0 N–H and O–H groups in total. The number of hydrogen-bond acceptors (Lipinski definition) is 3. The van der Waals surface area contributed by atoms with E-state index >= 15 is 0 Å². The minimum atomic E-state index is -0.211. The van der Waals surface area contributed by atoms with Crippen molar-refractivity contribution in [2.24, 2.45) is 0 Å². The Morgan fingerprint density at radius 2 is 1.77 bits per heavy atom. The van der Waals surface area contributed by atoms with Gasteiger partial charge in [-0.2, -0.15) is 0 Å². The molecular formula is C25H27FN2O2. The van der Waals surface area contributed by atoms with Gasteiger partial charge in [-0.3, -0.25) is 9.69 Å². The fourth-order valence-electron chi connectivity index (χ4n) is 3.75. The Kier molecular flexibility index (Phi) is 6.00. The summed E-state index contributed by atoms with van der Waals surface area (Å²) in [6.45, 7) is 1.31. The number of likely N-dealkylation sites (N-methyl/N-ethyl adjacent to an activating group) is 1. The predicted molar refractivity (Wildman–Crippen MR) is 117 cm³/mol. The number of hydrogen-bond donors (Lipinski definition) is 0. The number of amides is 1. The van der Waals surface area contributed by atoms with Crippen LogP contribution in [0.15, 0.2) is 60.7 Å². The van der Waals surface area contributed by atoms with E-state index < -0.39 is 0 Å². The molecule has 0 unspecified atom stereocenters. The number of benzene rings is 3. The monoisotopic (exact) mass is 406 g/mol. The Hall–Kier alpha value is -2.92. The summed E-state index contributed by atoms with van der Waals surface area (Å²) in [5.74, 6) is 0.669.